The van der Waals surface area contributed by atoms with Crippen LogP contribution in [-0.4, -0.2) is 31.6 Å². The SMILES string of the molecule is COC(=O)CC1c2ccccc2CCN1C. The number of ether oxygens (including phenoxy) is 1. The van der Waals surface area contributed by atoms with E-state index >= 15 is 0 Å². The molecular weight excluding hydrogens is 202 g/mol. The summed E-state index contributed by atoms with van der Waals surface area (Å²) in [5.74, 6) is -0.145. The zero-order valence-electron chi connectivity index (χ0n) is 9.77. The smallest absolute Gasteiger partial charge is 0.307 e. The van der Waals surface area contributed by atoms with E-state index in [-0.39, 0.29) is 12.0 Å². The topological polar surface area (TPSA) is 29.5 Å². The van der Waals surface area contributed by atoms with Gasteiger partial charge >= 0.3 is 5.97 Å². The maximum atomic E-state index is 11.4. The normalized spacial score (nSPS) is 20.2. The highest BCUT2D eigenvalue weighted by Gasteiger charge is 2.26. The lowest BCUT2D eigenvalue weighted by Gasteiger charge is -2.33. The van der Waals surface area contributed by atoms with Crippen molar-refractivity contribution in [3.63, 3.8) is 0 Å². The predicted molar refractivity (Wildman–Crippen MR) is 62.2 cm³/mol. The molecule has 0 N–H and O–H groups in total. The molecule has 16 heavy (non-hydrogen) atoms. The molecule has 1 aliphatic rings. The molecule has 2 rings (SSSR count). The molecule has 1 atom stereocenters. The van der Waals surface area contributed by atoms with Crippen LogP contribution in [0.15, 0.2) is 24.3 Å². The van der Waals surface area contributed by atoms with Crippen LogP contribution >= 0.6 is 0 Å². The van der Waals surface area contributed by atoms with E-state index in [0.29, 0.717) is 6.42 Å². The Bertz CT molecular complexity index is 389. The first kappa shape index (κ1) is 11.1. The summed E-state index contributed by atoms with van der Waals surface area (Å²) in [6.07, 6.45) is 1.49. The van der Waals surface area contributed by atoms with Gasteiger partial charge in [0.25, 0.3) is 0 Å². The molecule has 0 saturated carbocycles. The number of rotatable bonds is 2. The molecule has 1 aliphatic heterocycles. The lowest BCUT2D eigenvalue weighted by Crippen LogP contribution is -2.33. The van der Waals surface area contributed by atoms with E-state index in [1.165, 1.54) is 18.2 Å². The van der Waals surface area contributed by atoms with Crippen LogP contribution in [0.3, 0.4) is 0 Å². The van der Waals surface area contributed by atoms with Gasteiger partial charge in [0, 0.05) is 12.6 Å². The third kappa shape index (κ3) is 2.09. The zero-order valence-corrected chi connectivity index (χ0v) is 9.77. The highest BCUT2D eigenvalue weighted by molar-refractivity contribution is 5.70. The Morgan fingerprint density at radius 1 is 1.50 bits per heavy atom. The molecule has 3 heteroatoms. The van der Waals surface area contributed by atoms with Crippen molar-refractivity contribution >= 4 is 5.97 Å². The molecule has 1 aromatic carbocycles. The number of esters is 1. The summed E-state index contributed by atoms with van der Waals surface area (Å²) in [5.41, 5.74) is 2.62. The maximum Gasteiger partial charge on any atom is 0.307 e. The highest BCUT2D eigenvalue weighted by Crippen LogP contribution is 2.30. The average molecular weight is 219 g/mol. The van der Waals surface area contributed by atoms with E-state index in [4.69, 9.17) is 4.74 Å². The number of carbonyl (C=O) groups excluding carboxylic acids is 1. The van der Waals surface area contributed by atoms with Gasteiger partial charge in [0.15, 0.2) is 0 Å². The standard InChI is InChI=1S/C13H17NO2/c1-14-8-7-10-5-3-4-6-11(10)12(14)9-13(15)16-2/h3-6,12H,7-9H2,1-2H3. The summed E-state index contributed by atoms with van der Waals surface area (Å²) in [5, 5.41) is 0. The van der Waals surface area contributed by atoms with Crippen LogP contribution in [0, 0.1) is 0 Å². The lowest BCUT2D eigenvalue weighted by molar-refractivity contribution is -0.142. The van der Waals surface area contributed by atoms with Crippen molar-refractivity contribution in [2.45, 2.75) is 18.9 Å². The van der Waals surface area contributed by atoms with E-state index in [1.807, 2.05) is 6.07 Å². The molecule has 0 bridgehead atoms. The largest absolute Gasteiger partial charge is 0.469 e. The van der Waals surface area contributed by atoms with Gasteiger partial charge in [-0.25, -0.2) is 0 Å². The molecule has 1 unspecified atom stereocenters. The summed E-state index contributed by atoms with van der Waals surface area (Å²) in [6.45, 7) is 0.999. The van der Waals surface area contributed by atoms with Crippen molar-refractivity contribution in [3.8, 4) is 0 Å². The minimum atomic E-state index is -0.145. The van der Waals surface area contributed by atoms with Crippen LogP contribution < -0.4 is 0 Å². The first-order chi connectivity index (χ1) is 7.72. The van der Waals surface area contributed by atoms with E-state index in [0.717, 1.165) is 13.0 Å². The quantitative estimate of drug-likeness (QED) is 0.710. The Labute approximate surface area is 96.0 Å². The summed E-state index contributed by atoms with van der Waals surface area (Å²) < 4.78 is 4.75. The molecule has 0 amide bonds. The second kappa shape index (κ2) is 4.66. The fourth-order valence-corrected chi connectivity index (χ4v) is 2.28. The Morgan fingerprint density at radius 3 is 3.00 bits per heavy atom. The van der Waals surface area contributed by atoms with Crippen LogP contribution in [0.4, 0.5) is 0 Å². The molecular formula is C13H17NO2. The number of hydrogen-bond acceptors (Lipinski definition) is 3. The Kier molecular flexibility index (Phi) is 3.25. The van der Waals surface area contributed by atoms with Gasteiger partial charge in [-0.1, -0.05) is 24.3 Å². The fraction of sp³-hybridized carbons (Fsp3) is 0.462. The van der Waals surface area contributed by atoms with Gasteiger partial charge in [0.1, 0.15) is 0 Å². The second-order valence-corrected chi connectivity index (χ2v) is 4.23. The Hall–Kier alpha value is -1.35. The molecule has 1 aromatic rings. The number of carbonyl (C=O) groups is 1. The first-order valence-corrected chi connectivity index (χ1v) is 5.57. The average Bonchev–Trinajstić information content (AvgIpc) is 2.32. The maximum absolute atomic E-state index is 11.4. The number of nitrogens with zero attached hydrogens (tertiary/aromatic N) is 1. The van der Waals surface area contributed by atoms with Crippen LogP contribution in [0.1, 0.15) is 23.6 Å². The molecule has 3 nitrogen and oxygen atoms in total. The van der Waals surface area contributed by atoms with Crippen molar-refractivity contribution < 1.29 is 9.53 Å². The minimum absolute atomic E-state index is 0.145. The monoisotopic (exact) mass is 219 g/mol. The van der Waals surface area contributed by atoms with Gasteiger partial charge in [-0.2, -0.15) is 0 Å². The summed E-state index contributed by atoms with van der Waals surface area (Å²) in [6, 6.07) is 8.50. The highest BCUT2D eigenvalue weighted by atomic mass is 16.5. The van der Waals surface area contributed by atoms with E-state index in [2.05, 4.69) is 30.1 Å². The zero-order chi connectivity index (χ0) is 11.5. The van der Waals surface area contributed by atoms with Gasteiger partial charge in [-0.05, 0) is 24.6 Å². The molecule has 0 aliphatic carbocycles. The van der Waals surface area contributed by atoms with Gasteiger partial charge in [0.2, 0.25) is 0 Å². The molecule has 0 fully saturated rings. The summed E-state index contributed by atoms with van der Waals surface area (Å²) in [7, 11) is 3.50. The Morgan fingerprint density at radius 2 is 2.25 bits per heavy atom. The van der Waals surface area contributed by atoms with Crippen molar-refractivity contribution in [1.82, 2.24) is 4.90 Å². The molecule has 0 spiro atoms. The van der Waals surface area contributed by atoms with Crippen molar-refractivity contribution in [3.05, 3.63) is 35.4 Å². The van der Waals surface area contributed by atoms with E-state index in [1.54, 1.807) is 0 Å². The molecule has 0 aromatic heterocycles. The molecule has 1 heterocycles. The third-order valence-corrected chi connectivity index (χ3v) is 3.27. The van der Waals surface area contributed by atoms with E-state index < -0.39 is 0 Å². The van der Waals surface area contributed by atoms with Crippen LogP contribution in [0.2, 0.25) is 0 Å². The number of likely N-dealkylation sites (N-methyl/N-ethyl adjacent to an activating group) is 1. The fourth-order valence-electron chi connectivity index (χ4n) is 2.28. The second-order valence-electron chi connectivity index (χ2n) is 4.23. The first-order valence-electron chi connectivity index (χ1n) is 5.57. The van der Waals surface area contributed by atoms with Gasteiger partial charge in [0.05, 0.1) is 13.5 Å². The number of benzene rings is 1. The molecule has 0 radical (unpaired) electrons. The van der Waals surface area contributed by atoms with Crippen LogP contribution in [-0.2, 0) is 16.0 Å². The molecule has 86 valence electrons. The molecule has 0 saturated heterocycles. The Balaban J connectivity index is 2.26. The third-order valence-electron chi connectivity index (χ3n) is 3.27. The summed E-state index contributed by atoms with van der Waals surface area (Å²) >= 11 is 0. The van der Waals surface area contributed by atoms with Gasteiger partial charge in [-0.15, -0.1) is 0 Å². The van der Waals surface area contributed by atoms with Crippen molar-refractivity contribution in [2.75, 3.05) is 20.7 Å². The number of hydrogen-bond donors (Lipinski definition) is 0. The lowest BCUT2D eigenvalue weighted by atomic mass is 9.91. The number of methoxy groups -OCH3 is 1. The van der Waals surface area contributed by atoms with Crippen LogP contribution in [0.5, 0.6) is 0 Å². The predicted octanol–water partition coefficient (Wildman–Crippen LogP) is 1.78. The van der Waals surface area contributed by atoms with Crippen molar-refractivity contribution in [2.24, 2.45) is 0 Å². The van der Waals surface area contributed by atoms with Gasteiger partial charge < -0.3 is 4.74 Å². The van der Waals surface area contributed by atoms with E-state index in [9.17, 15) is 4.79 Å². The number of fused-ring (bicyclic) bond motifs is 1. The van der Waals surface area contributed by atoms with Crippen molar-refractivity contribution in [1.29, 1.82) is 0 Å². The van der Waals surface area contributed by atoms with Crippen LogP contribution in [0.25, 0.3) is 0 Å². The summed E-state index contributed by atoms with van der Waals surface area (Å²) in [4.78, 5) is 13.6. The minimum Gasteiger partial charge on any atom is -0.469 e. The van der Waals surface area contributed by atoms with Gasteiger partial charge in [-0.3, -0.25) is 9.69 Å².